The molecule has 1 aromatic carbocycles. The predicted molar refractivity (Wildman–Crippen MR) is 65.1 cm³/mol. The van der Waals surface area contributed by atoms with Crippen molar-refractivity contribution in [2.75, 3.05) is 5.73 Å². The summed E-state index contributed by atoms with van der Waals surface area (Å²) in [5, 5.41) is 9.47. The predicted octanol–water partition coefficient (Wildman–Crippen LogP) is 3.10. The topological polar surface area (TPSA) is 65.6 Å². The molecule has 0 bridgehead atoms. The van der Waals surface area contributed by atoms with Gasteiger partial charge in [-0.05, 0) is 36.2 Å². The molecule has 0 aliphatic carbocycles. The Bertz CT molecular complexity index is 578. The number of nitrogens with zero attached hydrogens (tertiary/aromatic N) is 1. The van der Waals surface area contributed by atoms with Gasteiger partial charge in [0.1, 0.15) is 17.6 Å². The van der Waals surface area contributed by atoms with E-state index in [1.165, 1.54) is 0 Å². The third-order valence-corrected chi connectivity index (χ3v) is 2.68. The maximum absolute atomic E-state index is 8.78. The number of hydrogen-bond acceptors (Lipinski definition) is 2. The van der Waals surface area contributed by atoms with Gasteiger partial charge in [0.2, 0.25) is 0 Å². The summed E-state index contributed by atoms with van der Waals surface area (Å²) in [6.07, 6.45) is 0. The van der Waals surface area contributed by atoms with Crippen LogP contribution in [0.3, 0.4) is 0 Å². The van der Waals surface area contributed by atoms with Gasteiger partial charge in [0.05, 0.1) is 0 Å². The number of anilines is 1. The van der Waals surface area contributed by atoms with Gasteiger partial charge >= 0.3 is 0 Å². The number of hydrogen-bond donors (Lipinski definition) is 2. The highest BCUT2D eigenvalue weighted by atomic mass is 35.5. The Morgan fingerprint density at radius 3 is 2.62 bits per heavy atom. The number of aryl methyl sites for hydroxylation is 1. The average molecular weight is 232 g/mol. The van der Waals surface area contributed by atoms with Gasteiger partial charge in [0.25, 0.3) is 0 Å². The van der Waals surface area contributed by atoms with Crippen molar-refractivity contribution in [1.29, 1.82) is 5.26 Å². The first-order valence-corrected chi connectivity index (χ1v) is 5.14. The second-order valence-electron chi connectivity index (χ2n) is 3.58. The molecule has 1 heterocycles. The highest BCUT2D eigenvalue weighted by Crippen LogP contribution is 2.30. The highest BCUT2D eigenvalue weighted by molar-refractivity contribution is 6.30. The lowest BCUT2D eigenvalue weighted by Gasteiger charge is -2.04. The maximum Gasteiger partial charge on any atom is 0.119 e. The van der Waals surface area contributed by atoms with Crippen molar-refractivity contribution in [3.63, 3.8) is 0 Å². The average Bonchev–Trinajstić information content (AvgIpc) is 2.60. The molecule has 4 heteroatoms. The molecular formula is C12H10ClN3. The smallest absolute Gasteiger partial charge is 0.119 e. The van der Waals surface area contributed by atoms with Gasteiger partial charge in [0, 0.05) is 10.6 Å². The molecule has 3 N–H and O–H groups in total. The van der Waals surface area contributed by atoms with Crippen molar-refractivity contribution in [3.8, 4) is 17.2 Å². The Labute approximate surface area is 98.5 Å². The number of nitrogens with two attached hydrogens (primary N) is 1. The van der Waals surface area contributed by atoms with E-state index in [0.29, 0.717) is 16.5 Å². The van der Waals surface area contributed by atoms with E-state index in [4.69, 9.17) is 22.6 Å². The zero-order chi connectivity index (χ0) is 11.7. The summed E-state index contributed by atoms with van der Waals surface area (Å²) in [5.74, 6) is 0.502. The van der Waals surface area contributed by atoms with E-state index >= 15 is 0 Å². The fourth-order valence-corrected chi connectivity index (χ4v) is 1.91. The van der Waals surface area contributed by atoms with Crippen LogP contribution in [-0.4, -0.2) is 4.98 Å². The van der Waals surface area contributed by atoms with E-state index in [1.54, 1.807) is 6.07 Å². The summed E-state index contributed by atoms with van der Waals surface area (Å²) in [7, 11) is 0. The van der Waals surface area contributed by atoms with E-state index in [9.17, 15) is 0 Å². The van der Waals surface area contributed by atoms with Gasteiger partial charge in [-0.3, -0.25) is 0 Å². The van der Waals surface area contributed by atoms with Crippen LogP contribution in [0.5, 0.6) is 0 Å². The Hall–Kier alpha value is -1.92. The van der Waals surface area contributed by atoms with Gasteiger partial charge in [-0.2, -0.15) is 5.26 Å². The van der Waals surface area contributed by atoms with Crippen LogP contribution in [0.2, 0.25) is 5.02 Å². The molecular weight excluding hydrogens is 222 g/mol. The Morgan fingerprint density at radius 2 is 2.06 bits per heavy atom. The van der Waals surface area contributed by atoms with Gasteiger partial charge < -0.3 is 10.7 Å². The molecule has 2 aromatic rings. The quantitative estimate of drug-likeness (QED) is 0.792. The molecule has 0 spiro atoms. The Balaban J connectivity index is 2.59. The number of aromatic nitrogens is 1. The summed E-state index contributed by atoms with van der Waals surface area (Å²) in [6.45, 7) is 1.96. The van der Waals surface area contributed by atoms with Crippen LogP contribution in [0.4, 0.5) is 5.82 Å². The van der Waals surface area contributed by atoms with Gasteiger partial charge in [0.15, 0.2) is 0 Å². The van der Waals surface area contributed by atoms with Crippen LogP contribution in [0.1, 0.15) is 11.3 Å². The lowest BCUT2D eigenvalue weighted by Crippen LogP contribution is -1.89. The molecule has 0 fully saturated rings. The number of nitrogens with one attached hydrogen (secondary N) is 1. The second-order valence-corrected chi connectivity index (χ2v) is 4.02. The van der Waals surface area contributed by atoms with E-state index in [1.807, 2.05) is 31.2 Å². The molecule has 16 heavy (non-hydrogen) atoms. The van der Waals surface area contributed by atoms with Crippen molar-refractivity contribution in [1.82, 2.24) is 4.98 Å². The van der Waals surface area contributed by atoms with Crippen LogP contribution in [0, 0.1) is 18.3 Å². The van der Waals surface area contributed by atoms with Crippen molar-refractivity contribution in [2.45, 2.75) is 6.92 Å². The second kappa shape index (κ2) is 3.92. The van der Waals surface area contributed by atoms with E-state index in [0.717, 1.165) is 16.7 Å². The Morgan fingerprint density at radius 1 is 1.31 bits per heavy atom. The van der Waals surface area contributed by atoms with Crippen molar-refractivity contribution >= 4 is 17.4 Å². The van der Waals surface area contributed by atoms with Crippen LogP contribution in [0.25, 0.3) is 11.1 Å². The zero-order valence-corrected chi connectivity index (χ0v) is 9.47. The largest absolute Gasteiger partial charge is 0.385 e. The van der Waals surface area contributed by atoms with E-state index < -0.39 is 0 Å². The molecule has 2 rings (SSSR count). The summed E-state index contributed by atoms with van der Waals surface area (Å²) in [4.78, 5) is 2.82. The first-order chi connectivity index (χ1) is 7.61. The molecule has 0 amide bonds. The zero-order valence-electron chi connectivity index (χ0n) is 8.71. The van der Waals surface area contributed by atoms with E-state index in [-0.39, 0.29) is 0 Å². The maximum atomic E-state index is 8.78. The molecule has 0 aliphatic rings. The minimum atomic E-state index is 0.460. The van der Waals surface area contributed by atoms with Crippen molar-refractivity contribution in [3.05, 3.63) is 40.5 Å². The molecule has 80 valence electrons. The fraction of sp³-hybridized carbons (Fsp3) is 0.0833. The molecule has 0 saturated heterocycles. The Kier molecular flexibility index (Phi) is 2.59. The number of aromatic amines is 1. The number of rotatable bonds is 1. The number of nitriles is 1. The van der Waals surface area contributed by atoms with E-state index in [2.05, 4.69) is 4.98 Å². The summed E-state index contributed by atoms with van der Waals surface area (Å²) >= 11 is 5.89. The number of nitrogen functional groups attached to an aromatic ring is 1. The van der Waals surface area contributed by atoms with Crippen LogP contribution >= 0.6 is 11.6 Å². The van der Waals surface area contributed by atoms with Crippen molar-refractivity contribution < 1.29 is 0 Å². The molecule has 0 unspecified atom stereocenters. The third kappa shape index (κ3) is 1.75. The first kappa shape index (κ1) is 10.6. The lowest BCUT2D eigenvalue weighted by atomic mass is 10.0. The van der Waals surface area contributed by atoms with Crippen LogP contribution < -0.4 is 5.73 Å². The summed E-state index contributed by atoms with van der Waals surface area (Å²) in [5.41, 5.74) is 9.13. The molecule has 0 radical (unpaired) electrons. The number of H-pyrrole nitrogens is 1. The third-order valence-electron chi connectivity index (χ3n) is 2.45. The van der Waals surface area contributed by atoms with Crippen LogP contribution in [0.15, 0.2) is 24.3 Å². The fourth-order valence-electron chi connectivity index (χ4n) is 1.68. The van der Waals surface area contributed by atoms with Crippen LogP contribution in [-0.2, 0) is 0 Å². The standard InChI is InChI=1S/C12H10ClN3/c1-7-4-8(13)2-3-10(7)11-5-9(6-14)16-12(11)15/h2-5,16H,15H2,1H3. The minimum Gasteiger partial charge on any atom is -0.385 e. The normalized spacial score (nSPS) is 10.1. The molecule has 1 aromatic heterocycles. The monoisotopic (exact) mass is 231 g/mol. The number of halogens is 1. The number of benzene rings is 1. The highest BCUT2D eigenvalue weighted by Gasteiger charge is 2.09. The molecule has 0 atom stereocenters. The molecule has 0 aliphatic heterocycles. The summed E-state index contributed by atoms with van der Waals surface area (Å²) < 4.78 is 0. The SMILES string of the molecule is Cc1cc(Cl)ccc1-c1cc(C#N)[nH]c1N. The van der Waals surface area contributed by atoms with Gasteiger partial charge in [-0.1, -0.05) is 17.7 Å². The minimum absolute atomic E-state index is 0.460. The van der Waals surface area contributed by atoms with Gasteiger partial charge in [-0.25, -0.2) is 0 Å². The summed E-state index contributed by atoms with van der Waals surface area (Å²) in [6, 6.07) is 9.35. The molecule has 3 nitrogen and oxygen atoms in total. The van der Waals surface area contributed by atoms with Gasteiger partial charge in [-0.15, -0.1) is 0 Å². The first-order valence-electron chi connectivity index (χ1n) is 4.77. The van der Waals surface area contributed by atoms with Crippen molar-refractivity contribution in [2.24, 2.45) is 0 Å². The lowest BCUT2D eigenvalue weighted by molar-refractivity contribution is 1.34. The molecule has 0 saturated carbocycles.